The summed E-state index contributed by atoms with van der Waals surface area (Å²) in [5.74, 6) is 1.01. The predicted molar refractivity (Wildman–Crippen MR) is 128 cm³/mol. The van der Waals surface area contributed by atoms with Crippen molar-refractivity contribution in [3.8, 4) is 11.4 Å². The topological polar surface area (TPSA) is 102 Å². The van der Waals surface area contributed by atoms with E-state index < -0.39 is 5.97 Å². The number of nitrogens with zero attached hydrogens (tertiary/aromatic N) is 4. The summed E-state index contributed by atoms with van der Waals surface area (Å²) in [6.45, 7) is 3.90. The summed E-state index contributed by atoms with van der Waals surface area (Å²) in [6.07, 6.45) is 2.97. The highest BCUT2D eigenvalue weighted by Crippen LogP contribution is 2.25. The molecule has 8 nitrogen and oxygen atoms in total. The molecule has 0 bridgehead atoms. The second-order valence-electron chi connectivity index (χ2n) is 7.06. The fraction of sp³-hybridized carbons (Fsp3) is 0.125. The molecule has 0 aliphatic heterocycles. The number of carbonyl (C=O) groups is 1. The Bertz CT molecular complexity index is 1260. The summed E-state index contributed by atoms with van der Waals surface area (Å²) in [4.78, 5) is 29.7. The molecule has 2 aromatic carbocycles. The number of esters is 1. The van der Waals surface area contributed by atoms with Gasteiger partial charge in [0.15, 0.2) is 5.82 Å². The van der Waals surface area contributed by atoms with Crippen LogP contribution in [0.2, 0.25) is 5.02 Å². The van der Waals surface area contributed by atoms with E-state index in [-0.39, 0.29) is 12.2 Å². The highest BCUT2D eigenvalue weighted by molar-refractivity contribution is 6.30. The Balaban J connectivity index is 1.60. The predicted octanol–water partition coefficient (Wildman–Crippen LogP) is 5.56. The summed E-state index contributed by atoms with van der Waals surface area (Å²) < 4.78 is 5.16. The van der Waals surface area contributed by atoms with Crippen LogP contribution >= 0.6 is 11.6 Å². The summed E-state index contributed by atoms with van der Waals surface area (Å²) in [7, 11) is 0. The number of carbonyl (C=O) groups excluding carboxylic acids is 1. The van der Waals surface area contributed by atoms with Crippen LogP contribution in [0.1, 0.15) is 23.0 Å². The lowest BCUT2D eigenvalue weighted by Crippen LogP contribution is -2.11. The Kier molecular flexibility index (Phi) is 6.75. The molecule has 9 heteroatoms. The summed E-state index contributed by atoms with van der Waals surface area (Å²) in [5, 5.41) is 7.05. The van der Waals surface area contributed by atoms with Gasteiger partial charge in [-0.15, -0.1) is 0 Å². The maximum Gasteiger partial charge on any atom is 0.343 e. The molecule has 0 saturated carbocycles. The fourth-order valence-electron chi connectivity index (χ4n) is 3.02. The van der Waals surface area contributed by atoms with Crippen molar-refractivity contribution < 1.29 is 9.53 Å². The van der Waals surface area contributed by atoms with E-state index in [1.54, 1.807) is 19.1 Å². The molecule has 33 heavy (non-hydrogen) atoms. The monoisotopic (exact) mass is 460 g/mol. The van der Waals surface area contributed by atoms with E-state index in [9.17, 15) is 4.79 Å². The number of rotatable bonds is 7. The smallest absolute Gasteiger partial charge is 0.343 e. The molecule has 0 aliphatic carbocycles. The molecule has 2 aromatic heterocycles. The SMILES string of the molecule is CCOC(=O)c1cnc(-c2ccc(Cl)cc2)nc1Nc1ccc(Nc2cc(C)ncn2)cc1. The number of benzene rings is 2. The molecular weight excluding hydrogens is 440 g/mol. The molecular formula is C24H21ClN6O2. The van der Waals surface area contributed by atoms with Gasteiger partial charge in [0.1, 0.15) is 23.5 Å². The quantitative estimate of drug-likeness (QED) is 0.345. The first-order valence-corrected chi connectivity index (χ1v) is 10.6. The van der Waals surface area contributed by atoms with Gasteiger partial charge in [-0.3, -0.25) is 0 Å². The highest BCUT2D eigenvalue weighted by atomic mass is 35.5. The number of nitrogens with one attached hydrogen (secondary N) is 2. The van der Waals surface area contributed by atoms with Gasteiger partial charge >= 0.3 is 5.97 Å². The lowest BCUT2D eigenvalue weighted by Gasteiger charge is -2.13. The number of aromatic nitrogens is 4. The fourth-order valence-corrected chi connectivity index (χ4v) is 3.14. The summed E-state index contributed by atoms with van der Waals surface area (Å²) in [5.41, 5.74) is 3.49. The van der Waals surface area contributed by atoms with E-state index in [0.29, 0.717) is 22.5 Å². The molecule has 0 spiro atoms. The van der Waals surface area contributed by atoms with Crippen molar-refractivity contribution in [1.82, 2.24) is 19.9 Å². The van der Waals surface area contributed by atoms with E-state index >= 15 is 0 Å². The van der Waals surface area contributed by atoms with Crippen LogP contribution in [0.4, 0.5) is 23.0 Å². The number of hydrogen-bond acceptors (Lipinski definition) is 8. The summed E-state index contributed by atoms with van der Waals surface area (Å²) in [6, 6.07) is 16.6. The van der Waals surface area contributed by atoms with Gasteiger partial charge < -0.3 is 15.4 Å². The molecule has 4 aromatic rings. The van der Waals surface area contributed by atoms with Crippen LogP contribution in [0.15, 0.2) is 67.1 Å². The van der Waals surface area contributed by atoms with Crippen molar-refractivity contribution in [3.05, 3.63) is 83.4 Å². The van der Waals surface area contributed by atoms with E-state index in [4.69, 9.17) is 16.3 Å². The minimum atomic E-state index is -0.500. The van der Waals surface area contributed by atoms with Gasteiger partial charge in [-0.25, -0.2) is 24.7 Å². The van der Waals surface area contributed by atoms with Gasteiger partial charge in [-0.05, 0) is 62.4 Å². The molecule has 0 amide bonds. The van der Waals surface area contributed by atoms with Crippen LogP contribution in [0.3, 0.4) is 0 Å². The molecule has 0 unspecified atom stereocenters. The van der Waals surface area contributed by atoms with Crippen molar-refractivity contribution in [2.24, 2.45) is 0 Å². The zero-order chi connectivity index (χ0) is 23.2. The maximum absolute atomic E-state index is 12.5. The Hall–Kier alpha value is -4.04. The van der Waals surface area contributed by atoms with Gasteiger partial charge in [0.05, 0.1) is 6.61 Å². The van der Waals surface area contributed by atoms with Crippen molar-refractivity contribution >= 4 is 40.6 Å². The van der Waals surface area contributed by atoms with E-state index in [1.165, 1.54) is 12.5 Å². The third kappa shape index (κ3) is 5.61. The van der Waals surface area contributed by atoms with E-state index in [0.717, 1.165) is 22.6 Å². The largest absolute Gasteiger partial charge is 0.462 e. The second kappa shape index (κ2) is 10.1. The van der Waals surface area contributed by atoms with Crippen LogP contribution in [0.5, 0.6) is 0 Å². The molecule has 0 fully saturated rings. The second-order valence-corrected chi connectivity index (χ2v) is 7.49. The minimum Gasteiger partial charge on any atom is -0.462 e. The van der Waals surface area contributed by atoms with Gasteiger partial charge in [-0.2, -0.15) is 0 Å². The van der Waals surface area contributed by atoms with Crippen LogP contribution < -0.4 is 10.6 Å². The normalized spacial score (nSPS) is 10.5. The zero-order valence-electron chi connectivity index (χ0n) is 18.0. The van der Waals surface area contributed by atoms with Crippen molar-refractivity contribution in [2.45, 2.75) is 13.8 Å². The van der Waals surface area contributed by atoms with Crippen LogP contribution in [-0.4, -0.2) is 32.5 Å². The van der Waals surface area contributed by atoms with Crippen LogP contribution in [-0.2, 0) is 4.74 Å². The van der Waals surface area contributed by atoms with Gasteiger partial charge in [-0.1, -0.05) is 11.6 Å². The van der Waals surface area contributed by atoms with E-state index in [1.807, 2.05) is 49.4 Å². The van der Waals surface area contributed by atoms with E-state index in [2.05, 4.69) is 30.6 Å². The molecule has 4 rings (SSSR count). The number of halogens is 1. The van der Waals surface area contributed by atoms with Crippen LogP contribution in [0.25, 0.3) is 11.4 Å². The first-order chi connectivity index (χ1) is 16.0. The molecule has 166 valence electrons. The van der Waals surface area contributed by atoms with Crippen molar-refractivity contribution in [3.63, 3.8) is 0 Å². The van der Waals surface area contributed by atoms with Crippen molar-refractivity contribution in [1.29, 1.82) is 0 Å². The Morgan fingerprint density at radius 2 is 1.67 bits per heavy atom. The molecule has 0 aliphatic rings. The number of aryl methyl sites for hydroxylation is 1. The molecule has 2 heterocycles. The Labute approximate surface area is 196 Å². The number of anilines is 4. The standard InChI is InChI=1S/C24H21ClN6O2/c1-3-33-24(32)20-13-26-22(16-4-6-17(25)7-5-16)31-23(20)30-19-10-8-18(9-11-19)29-21-12-15(2)27-14-28-21/h4-14H,3H2,1-2H3,(H,26,30,31)(H,27,28,29). The first-order valence-electron chi connectivity index (χ1n) is 10.2. The zero-order valence-corrected chi connectivity index (χ0v) is 18.8. The van der Waals surface area contributed by atoms with Crippen molar-refractivity contribution in [2.75, 3.05) is 17.2 Å². The lowest BCUT2D eigenvalue weighted by molar-refractivity contribution is 0.0526. The third-order valence-electron chi connectivity index (χ3n) is 4.61. The van der Waals surface area contributed by atoms with Gasteiger partial charge in [0.2, 0.25) is 0 Å². The van der Waals surface area contributed by atoms with Gasteiger partial charge in [0, 0.05) is 39.9 Å². The average Bonchev–Trinajstić information content (AvgIpc) is 2.81. The maximum atomic E-state index is 12.5. The third-order valence-corrected chi connectivity index (χ3v) is 4.86. The number of ether oxygens (including phenoxy) is 1. The van der Waals surface area contributed by atoms with Crippen LogP contribution in [0, 0.1) is 6.92 Å². The highest BCUT2D eigenvalue weighted by Gasteiger charge is 2.17. The molecule has 0 saturated heterocycles. The summed E-state index contributed by atoms with van der Waals surface area (Å²) >= 11 is 5.98. The average molecular weight is 461 g/mol. The number of hydrogen-bond donors (Lipinski definition) is 2. The molecule has 0 atom stereocenters. The molecule has 2 N–H and O–H groups in total. The Morgan fingerprint density at radius 3 is 2.33 bits per heavy atom. The minimum absolute atomic E-state index is 0.244. The molecule has 0 radical (unpaired) electrons. The van der Waals surface area contributed by atoms with Gasteiger partial charge in [0.25, 0.3) is 0 Å². The Morgan fingerprint density at radius 1 is 0.970 bits per heavy atom. The lowest BCUT2D eigenvalue weighted by atomic mass is 10.2. The first kappa shape index (κ1) is 22.2.